The normalized spacial score (nSPS) is 26.9. The Bertz CT molecular complexity index is 403. The molecule has 0 radical (unpaired) electrons. The van der Waals surface area contributed by atoms with Crippen LogP contribution in [0, 0.1) is 0 Å². The first kappa shape index (κ1) is 12.9. The monoisotopic (exact) mass is 249 g/mol. The van der Waals surface area contributed by atoms with E-state index in [9.17, 15) is 9.90 Å². The number of hydrogen-bond acceptors (Lipinski definition) is 3. The van der Waals surface area contributed by atoms with Gasteiger partial charge in [-0.15, -0.1) is 0 Å². The van der Waals surface area contributed by atoms with E-state index in [0.29, 0.717) is 0 Å². The number of alkyl carbamates (subject to hydrolysis) is 1. The minimum atomic E-state index is -0.814. The Hall–Kier alpha value is -1.55. The molecular formula is C14H19NO3. The lowest BCUT2D eigenvalue weighted by atomic mass is 10.0. The summed E-state index contributed by atoms with van der Waals surface area (Å²) >= 11 is 0. The van der Waals surface area contributed by atoms with Crippen molar-refractivity contribution in [3.8, 4) is 0 Å². The highest BCUT2D eigenvalue weighted by Gasteiger charge is 2.37. The zero-order valence-corrected chi connectivity index (χ0v) is 10.6. The van der Waals surface area contributed by atoms with E-state index in [4.69, 9.17) is 4.74 Å². The fourth-order valence-corrected chi connectivity index (χ4v) is 2.28. The van der Waals surface area contributed by atoms with Crippen LogP contribution in [0.5, 0.6) is 0 Å². The van der Waals surface area contributed by atoms with Crippen LogP contribution < -0.4 is 5.32 Å². The lowest BCUT2D eigenvalue weighted by Gasteiger charge is -2.25. The van der Waals surface area contributed by atoms with Crippen LogP contribution >= 0.6 is 0 Å². The minimum Gasteiger partial charge on any atom is -0.445 e. The van der Waals surface area contributed by atoms with E-state index in [-0.39, 0.29) is 12.6 Å². The molecule has 1 unspecified atom stereocenters. The Kier molecular flexibility index (Phi) is 3.87. The lowest BCUT2D eigenvalue weighted by molar-refractivity contribution is 0.0358. The zero-order chi connectivity index (χ0) is 13.0. The number of aliphatic hydroxyl groups is 1. The lowest BCUT2D eigenvalue weighted by Crippen LogP contribution is -2.47. The second-order valence-electron chi connectivity index (χ2n) is 5.01. The van der Waals surface area contributed by atoms with E-state index in [2.05, 4.69) is 5.32 Å². The number of rotatable bonds is 3. The standard InChI is InChI=1S/C14H19NO3/c1-14(17)9-5-8-12(14)15-13(16)18-10-11-6-3-2-4-7-11/h2-4,6-7,12,17H,5,8-10H2,1H3,(H,15,16)/t12?,14-/m1/s1. The van der Waals surface area contributed by atoms with Crippen molar-refractivity contribution in [2.75, 3.05) is 0 Å². The molecule has 2 N–H and O–H groups in total. The van der Waals surface area contributed by atoms with Crippen molar-refractivity contribution in [2.24, 2.45) is 0 Å². The van der Waals surface area contributed by atoms with Crippen LogP contribution in [0.2, 0.25) is 0 Å². The predicted octanol–water partition coefficient (Wildman–Crippen LogP) is 2.22. The highest BCUT2D eigenvalue weighted by molar-refractivity contribution is 5.67. The van der Waals surface area contributed by atoms with Gasteiger partial charge in [0.25, 0.3) is 0 Å². The van der Waals surface area contributed by atoms with Gasteiger partial charge in [0.2, 0.25) is 0 Å². The Morgan fingerprint density at radius 1 is 1.50 bits per heavy atom. The van der Waals surface area contributed by atoms with E-state index in [0.717, 1.165) is 24.8 Å². The molecule has 4 nitrogen and oxygen atoms in total. The summed E-state index contributed by atoms with van der Waals surface area (Å²) in [6.45, 7) is 2.00. The second kappa shape index (κ2) is 5.40. The maximum Gasteiger partial charge on any atom is 0.407 e. The molecule has 1 fully saturated rings. The van der Waals surface area contributed by atoms with Crippen LogP contribution in [0.3, 0.4) is 0 Å². The van der Waals surface area contributed by atoms with Crippen LogP contribution in [-0.2, 0) is 11.3 Å². The smallest absolute Gasteiger partial charge is 0.407 e. The van der Waals surface area contributed by atoms with Crippen LogP contribution in [0.4, 0.5) is 4.79 Å². The van der Waals surface area contributed by atoms with Gasteiger partial charge < -0.3 is 15.2 Å². The van der Waals surface area contributed by atoms with Gasteiger partial charge in [-0.1, -0.05) is 30.3 Å². The van der Waals surface area contributed by atoms with E-state index < -0.39 is 11.7 Å². The molecule has 1 aromatic rings. The van der Waals surface area contributed by atoms with Gasteiger partial charge >= 0.3 is 6.09 Å². The summed E-state index contributed by atoms with van der Waals surface area (Å²) < 4.78 is 5.12. The Balaban J connectivity index is 1.79. The second-order valence-corrected chi connectivity index (χ2v) is 5.01. The van der Waals surface area contributed by atoms with Gasteiger partial charge in [0.05, 0.1) is 11.6 Å². The summed E-state index contributed by atoms with van der Waals surface area (Å²) in [4.78, 5) is 11.6. The van der Waals surface area contributed by atoms with Crippen molar-refractivity contribution in [3.05, 3.63) is 35.9 Å². The number of carbonyl (C=O) groups excluding carboxylic acids is 1. The molecule has 2 rings (SSSR count). The molecule has 1 aromatic carbocycles. The van der Waals surface area contributed by atoms with Gasteiger partial charge in [0.1, 0.15) is 6.61 Å². The van der Waals surface area contributed by atoms with Crippen LogP contribution in [-0.4, -0.2) is 22.8 Å². The Morgan fingerprint density at radius 3 is 2.83 bits per heavy atom. The molecule has 98 valence electrons. The summed E-state index contributed by atoms with van der Waals surface area (Å²) in [6, 6.07) is 9.31. The quantitative estimate of drug-likeness (QED) is 0.863. The van der Waals surface area contributed by atoms with Crippen LogP contribution in [0.25, 0.3) is 0 Å². The van der Waals surface area contributed by atoms with Gasteiger partial charge in [-0.3, -0.25) is 0 Å². The van der Waals surface area contributed by atoms with Crippen molar-refractivity contribution < 1.29 is 14.6 Å². The largest absolute Gasteiger partial charge is 0.445 e. The molecule has 0 spiro atoms. The van der Waals surface area contributed by atoms with Crippen molar-refractivity contribution in [2.45, 2.75) is 44.4 Å². The number of hydrogen-bond donors (Lipinski definition) is 2. The number of nitrogens with one attached hydrogen (secondary N) is 1. The van der Waals surface area contributed by atoms with Gasteiger partial charge in [-0.2, -0.15) is 0 Å². The van der Waals surface area contributed by atoms with Crippen molar-refractivity contribution >= 4 is 6.09 Å². The summed E-state index contributed by atoms with van der Waals surface area (Å²) in [5, 5.41) is 12.7. The van der Waals surface area contributed by atoms with Gasteiger partial charge in [-0.05, 0) is 31.7 Å². The third-order valence-electron chi connectivity index (χ3n) is 3.43. The first-order valence-corrected chi connectivity index (χ1v) is 6.27. The number of benzene rings is 1. The molecule has 4 heteroatoms. The highest BCUT2D eigenvalue weighted by Crippen LogP contribution is 2.29. The van der Waals surface area contributed by atoms with Crippen molar-refractivity contribution in [1.82, 2.24) is 5.32 Å². The first-order valence-electron chi connectivity index (χ1n) is 6.27. The Labute approximate surface area is 107 Å². The zero-order valence-electron chi connectivity index (χ0n) is 10.6. The SMILES string of the molecule is C[C@@]1(O)CCCC1NC(=O)OCc1ccccc1. The third kappa shape index (κ3) is 3.23. The average molecular weight is 249 g/mol. The Morgan fingerprint density at radius 2 is 2.22 bits per heavy atom. The molecule has 2 atom stereocenters. The molecule has 0 heterocycles. The fourth-order valence-electron chi connectivity index (χ4n) is 2.28. The first-order chi connectivity index (χ1) is 8.58. The van der Waals surface area contributed by atoms with Crippen molar-refractivity contribution in [1.29, 1.82) is 0 Å². The molecule has 1 saturated carbocycles. The summed E-state index contributed by atoms with van der Waals surface area (Å²) in [7, 11) is 0. The number of amides is 1. The summed E-state index contributed by atoms with van der Waals surface area (Å²) in [5.41, 5.74) is 0.136. The van der Waals surface area contributed by atoms with Gasteiger partial charge in [-0.25, -0.2) is 4.79 Å². The third-order valence-corrected chi connectivity index (χ3v) is 3.43. The van der Waals surface area contributed by atoms with E-state index >= 15 is 0 Å². The minimum absolute atomic E-state index is 0.208. The van der Waals surface area contributed by atoms with Crippen molar-refractivity contribution in [3.63, 3.8) is 0 Å². The van der Waals surface area contributed by atoms with Gasteiger partial charge in [0.15, 0.2) is 0 Å². The van der Waals surface area contributed by atoms with E-state index in [1.807, 2.05) is 30.3 Å². The molecular weight excluding hydrogens is 230 g/mol. The molecule has 0 saturated heterocycles. The van der Waals surface area contributed by atoms with E-state index in [1.165, 1.54) is 0 Å². The maximum absolute atomic E-state index is 11.6. The molecule has 0 aromatic heterocycles. The summed E-state index contributed by atoms with van der Waals surface area (Å²) in [6.07, 6.45) is 1.98. The fraction of sp³-hybridized carbons (Fsp3) is 0.500. The number of ether oxygens (including phenoxy) is 1. The van der Waals surface area contributed by atoms with Gasteiger partial charge in [0, 0.05) is 0 Å². The van der Waals surface area contributed by atoms with Crippen LogP contribution in [0.1, 0.15) is 31.7 Å². The molecule has 1 aliphatic rings. The molecule has 0 aliphatic heterocycles. The van der Waals surface area contributed by atoms with Crippen LogP contribution in [0.15, 0.2) is 30.3 Å². The maximum atomic E-state index is 11.6. The number of carbonyl (C=O) groups is 1. The highest BCUT2D eigenvalue weighted by atomic mass is 16.5. The predicted molar refractivity (Wildman–Crippen MR) is 68.0 cm³/mol. The average Bonchev–Trinajstić information content (AvgIpc) is 2.68. The topological polar surface area (TPSA) is 58.6 Å². The molecule has 1 aliphatic carbocycles. The summed E-state index contributed by atoms with van der Waals surface area (Å²) in [5.74, 6) is 0. The molecule has 18 heavy (non-hydrogen) atoms. The molecule has 0 bridgehead atoms. The van der Waals surface area contributed by atoms with E-state index in [1.54, 1.807) is 6.92 Å². The molecule has 1 amide bonds.